The molecular weight excluding hydrogens is 278 g/mol. The van der Waals surface area contributed by atoms with Crippen LogP contribution in [0.1, 0.15) is 24.2 Å². The summed E-state index contributed by atoms with van der Waals surface area (Å²) in [5, 5.41) is 2.92. The first kappa shape index (κ1) is 14.3. The Hall–Kier alpha value is -2.69. The minimum absolute atomic E-state index is 0.124. The quantitative estimate of drug-likeness (QED) is 0.937. The van der Waals surface area contributed by atoms with Crippen LogP contribution in [0.3, 0.4) is 0 Å². The zero-order chi connectivity index (χ0) is 15.5. The highest BCUT2D eigenvalue weighted by atomic mass is 16.2. The Morgan fingerprint density at radius 1 is 1.23 bits per heavy atom. The molecular formula is C17H17N3O2. The molecule has 1 aromatic heterocycles. The number of amides is 2. The van der Waals surface area contributed by atoms with Crippen LogP contribution in [-0.4, -0.2) is 27.7 Å². The van der Waals surface area contributed by atoms with E-state index in [1.165, 1.54) is 6.92 Å². The van der Waals surface area contributed by atoms with Gasteiger partial charge in [0, 0.05) is 25.7 Å². The van der Waals surface area contributed by atoms with Gasteiger partial charge in [0.2, 0.25) is 11.8 Å². The van der Waals surface area contributed by atoms with Crippen molar-refractivity contribution in [2.45, 2.75) is 25.6 Å². The summed E-state index contributed by atoms with van der Waals surface area (Å²) in [5.74, 6) is -0.256. The molecule has 3 rings (SSSR count). The van der Waals surface area contributed by atoms with Crippen LogP contribution in [0.5, 0.6) is 0 Å². The predicted octanol–water partition coefficient (Wildman–Crippen LogP) is 1.67. The molecule has 1 aliphatic rings. The van der Waals surface area contributed by atoms with E-state index in [9.17, 15) is 9.59 Å². The maximum Gasteiger partial charge on any atom is 0.245 e. The molecule has 0 unspecified atom stereocenters. The average molecular weight is 295 g/mol. The van der Waals surface area contributed by atoms with Gasteiger partial charge in [0.25, 0.3) is 0 Å². The van der Waals surface area contributed by atoms with Gasteiger partial charge in [-0.2, -0.15) is 0 Å². The standard InChI is InChI=1S/C17H17N3O2/c1-12(21)20-15(10-13-6-5-9-18-11-13)17(22)19-16(20)14-7-3-2-4-8-14/h2-9,11,15-16H,10H2,1H3,(H,19,22)/t15-,16+/m1/s1. The Kier molecular flexibility index (Phi) is 3.87. The summed E-state index contributed by atoms with van der Waals surface area (Å²) < 4.78 is 0. The summed E-state index contributed by atoms with van der Waals surface area (Å²) in [5.41, 5.74) is 1.84. The van der Waals surface area contributed by atoms with E-state index in [2.05, 4.69) is 10.3 Å². The number of nitrogens with one attached hydrogen (secondary N) is 1. The van der Waals surface area contributed by atoms with Gasteiger partial charge in [0.15, 0.2) is 0 Å². The lowest BCUT2D eigenvalue weighted by atomic mass is 10.1. The van der Waals surface area contributed by atoms with E-state index in [1.54, 1.807) is 17.3 Å². The van der Waals surface area contributed by atoms with E-state index >= 15 is 0 Å². The van der Waals surface area contributed by atoms with E-state index in [4.69, 9.17) is 0 Å². The predicted molar refractivity (Wildman–Crippen MR) is 81.6 cm³/mol. The van der Waals surface area contributed by atoms with Crippen LogP contribution in [0.15, 0.2) is 54.9 Å². The summed E-state index contributed by atoms with van der Waals surface area (Å²) >= 11 is 0. The summed E-state index contributed by atoms with van der Waals surface area (Å²) in [4.78, 5) is 30.1. The first-order valence-corrected chi connectivity index (χ1v) is 7.20. The number of hydrogen-bond acceptors (Lipinski definition) is 3. The fraction of sp³-hybridized carbons (Fsp3) is 0.235. The van der Waals surface area contributed by atoms with Crippen LogP contribution in [0.4, 0.5) is 0 Å². The molecule has 112 valence electrons. The topological polar surface area (TPSA) is 62.3 Å². The first-order valence-electron chi connectivity index (χ1n) is 7.20. The molecule has 22 heavy (non-hydrogen) atoms. The monoisotopic (exact) mass is 295 g/mol. The van der Waals surface area contributed by atoms with Gasteiger partial charge < -0.3 is 10.2 Å². The Bertz CT molecular complexity index is 673. The molecule has 5 nitrogen and oxygen atoms in total. The third-order valence-corrected chi connectivity index (χ3v) is 3.83. The van der Waals surface area contributed by atoms with Crippen molar-refractivity contribution in [3.8, 4) is 0 Å². The van der Waals surface area contributed by atoms with Crippen molar-refractivity contribution in [3.63, 3.8) is 0 Å². The molecule has 0 saturated carbocycles. The van der Waals surface area contributed by atoms with Crippen molar-refractivity contribution >= 4 is 11.8 Å². The molecule has 1 fully saturated rings. The lowest BCUT2D eigenvalue weighted by molar-refractivity contribution is -0.134. The van der Waals surface area contributed by atoms with Crippen LogP contribution >= 0.6 is 0 Å². The highest BCUT2D eigenvalue weighted by Crippen LogP contribution is 2.28. The van der Waals surface area contributed by atoms with Gasteiger partial charge in [-0.25, -0.2) is 0 Å². The second-order valence-corrected chi connectivity index (χ2v) is 5.33. The molecule has 5 heteroatoms. The van der Waals surface area contributed by atoms with Crippen molar-refractivity contribution in [3.05, 3.63) is 66.0 Å². The van der Waals surface area contributed by atoms with Crippen LogP contribution in [0, 0.1) is 0 Å². The Morgan fingerprint density at radius 2 is 2.00 bits per heavy atom. The number of carbonyl (C=O) groups is 2. The third-order valence-electron chi connectivity index (χ3n) is 3.83. The molecule has 0 radical (unpaired) electrons. The van der Waals surface area contributed by atoms with Crippen molar-refractivity contribution in [2.24, 2.45) is 0 Å². The fourth-order valence-electron chi connectivity index (χ4n) is 2.82. The van der Waals surface area contributed by atoms with E-state index in [0.29, 0.717) is 6.42 Å². The molecule has 0 spiro atoms. The van der Waals surface area contributed by atoms with Crippen LogP contribution in [-0.2, 0) is 16.0 Å². The third kappa shape index (κ3) is 2.70. The van der Waals surface area contributed by atoms with E-state index in [-0.39, 0.29) is 11.8 Å². The molecule has 1 aliphatic heterocycles. The number of benzene rings is 1. The number of nitrogens with zero attached hydrogens (tertiary/aromatic N) is 2. The molecule has 2 heterocycles. The number of aromatic nitrogens is 1. The van der Waals surface area contributed by atoms with Crippen LogP contribution < -0.4 is 5.32 Å². The van der Waals surface area contributed by atoms with Crippen LogP contribution in [0.25, 0.3) is 0 Å². The van der Waals surface area contributed by atoms with Gasteiger partial charge >= 0.3 is 0 Å². The van der Waals surface area contributed by atoms with Crippen molar-refractivity contribution in [2.75, 3.05) is 0 Å². The largest absolute Gasteiger partial charge is 0.330 e. The zero-order valence-electron chi connectivity index (χ0n) is 12.3. The summed E-state index contributed by atoms with van der Waals surface area (Å²) in [7, 11) is 0. The lowest BCUT2D eigenvalue weighted by Crippen LogP contribution is -2.39. The van der Waals surface area contributed by atoms with Crippen molar-refractivity contribution in [1.29, 1.82) is 0 Å². The zero-order valence-corrected chi connectivity index (χ0v) is 12.3. The summed E-state index contributed by atoms with van der Waals surface area (Å²) in [6.45, 7) is 1.49. The van der Waals surface area contributed by atoms with Gasteiger partial charge in [-0.3, -0.25) is 14.6 Å². The summed E-state index contributed by atoms with van der Waals surface area (Å²) in [6, 6.07) is 12.8. The summed E-state index contributed by atoms with van der Waals surface area (Å²) in [6.07, 6.45) is 3.46. The SMILES string of the molecule is CC(=O)N1[C@H](Cc2cccnc2)C(=O)N[C@@H]1c1ccccc1. The maximum atomic E-state index is 12.4. The van der Waals surface area contributed by atoms with Gasteiger partial charge in [-0.15, -0.1) is 0 Å². The Labute approximate surface area is 129 Å². The maximum absolute atomic E-state index is 12.4. The molecule has 1 saturated heterocycles. The van der Waals surface area contributed by atoms with E-state index < -0.39 is 12.2 Å². The smallest absolute Gasteiger partial charge is 0.245 e. The van der Waals surface area contributed by atoms with E-state index in [0.717, 1.165) is 11.1 Å². The number of hydrogen-bond donors (Lipinski definition) is 1. The molecule has 1 aromatic carbocycles. The van der Waals surface area contributed by atoms with Gasteiger partial charge in [-0.1, -0.05) is 36.4 Å². The van der Waals surface area contributed by atoms with Gasteiger partial charge in [0.1, 0.15) is 12.2 Å². The molecule has 2 atom stereocenters. The molecule has 2 aromatic rings. The minimum atomic E-state index is -0.507. The molecule has 2 amide bonds. The van der Waals surface area contributed by atoms with Gasteiger partial charge in [0.05, 0.1) is 0 Å². The molecule has 1 N–H and O–H groups in total. The Balaban J connectivity index is 1.90. The van der Waals surface area contributed by atoms with Gasteiger partial charge in [-0.05, 0) is 17.2 Å². The Morgan fingerprint density at radius 3 is 2.64 bits per heavy atom. The number of carbonyl (C=O) groups excluding carboxylic acids is 2. The minimum Gasteiger partial charge on any atom is -0.330 e. The van der Waals surface area contributed by atoms with E-state index in [1.807, 2.05) is 42.5 Å². The second-order valence-electron chi connectivity index (χ2n) is 5.33. The number of pyridine rings is 1. The lowest BCUT2D eigenvalue weighted by Gasteiger charge is -2.27. The van der Waals surface area contributed by atoms with Crippen molar-refractivity contribution < 1.29 is 9.59 Å². The highest BCUT2D eigenvalue weighted by Gasteiger charge is 2.41. The average Bonchev–Trinajstić information content (AvgIpc) is 2.86. The van der Waals surface area contributed by atoms with Crippen LogP contribution in [0.2, 0.25) is 0 Å². The second kappa shape index (κ2) is 5.97. The number of rotatable bonds is 3. The fourth-order valence-corrected chi connectivity index (χ4v) is 2.82. The molecule has 0 aliphatic carbocycles. The highest BCUT2D eigenvalue weighted by molar-refractivity contribution is 5.91. The van der Waals surface area contributed by atoms with Crippen molar-refractivity contribution in [1.82, 2.24) is 15.2 Å². The molecule has 0 bridgehead atoms. The normalized spacial score (nSPS) is 20.8. The first-order chi connectivity index (χ1) is 10.7.